The molecule has 0 amide bonds. The van der Waals surface area contributed by atoms with Crippen LogP contribution in [0.2, 0.25) is 0 Å². The van der Waals surface area contributed by atoms with E-state index in [1.807, 2.05) is 0 Å². The van der Waals surface area contributed by atoms with Crippen LogP contribution < -0.4 is 0 Å². The molecule has 0 aliphatic carbocycles. The van der Waals surface area contributed by atoms with Crippen molar-refractivity contribution < 1.29 is 0 Å². The molecule has 0 aliphatic rings. The minimum absolute atomic E-state index is 0.330. The minimum Gasteiger partial charge on any atom is -0.269 e. The van der Waals surface area contributed by atoms with Gasteiger partial charge in [0.25, 0.3) is 0 Å². The van der Waals surface area contributed by atoms with Gasteiger partial charge in [0.15, 0.2) is 0 Å². The predicted molar refractivity (Wildman–Crippen MR) is 74.7 cm³/mol. The first-order valence-electron chi connectivity index (χ1n) is 6.89. The Balaban J connectivity index is 2.40. The molecule has 0 N–H and O–H groups in total. The number of aromatic nitrogens is 2. The lowest BCUT2D eigenvalue weighted by Crippen LogP contribution is -2.08. The summed E-state index contributed by atoms with van der Waals surface area (Å²) in [6.07, 6.45) is 8.76. The maximum atomic E-state index is 6.11. The Morgan fingerprint density at radius 3 is 2.53 bits per heavy atom. The molecule has 1 heterocycles. The molecular weight excluding hydrogens is 232 g/mol. The van der Waals surface area contributed by atoms with Crippen molar-refractivity contribution in [1.29, 1.82) is 0 Å². The molecule has 0 spiro atoms. The van der Waals surface area contributed by atoms with Crippen LogP contribution in [0.25, 0.3) is 0 Å². The Hall–Kier alpha value is -0.500. The zero-order valence-electron chi connectivity index (χ0n) is 11.3. The van der Waals surface area contributed by atoms with Gasteiger partial charge in [0, 0.05) is 11.6 Å². The lowest BCUT2D eigenvalue weighted by molar-refractivity contribution is 0.425. The molecule has 0 bridgehead atoms. The highest BCUT2D eigenvalue weighted by atomic mass is 35.5. The van der Waals surface area contributed by atoms with Gasteiger partial charge in [-0.05, 0) is 44.6 Å². The number of aryl methyl sites for hydroxylation is 1. The van der Waals surface area contributed by atoms with E-state index in [-0.39, 0.29) is 0 Å². The summed E-state index contributed by atoms with van der Waals surface area (Å²) >= 11 is 6.11. The van der Waals surface area contributed by atoms with E-state index in [2.05, 4.69) is 42.8 Å². The van der Waals surface area contributed by atoms with Crippen LogP contribution in [0.15, 0.2) is 12.3 Å². The Labute approximate surface area is 110 Å². The summed E-state index contributed by atoms with van der Waals surface area (Å²) in [5, 5.41) is 4.98. The van der Waals surface area contributed by atoms with Gasteiger partial charge < -0.3 is 0 Å². The quantitative estimate of drug-likeness (QED) is 0.623. The maximum absolute atomic E-state index is 6.11. The van der Waals surface area contributed by atoms with Crippen molar-refractivity contribution in [3.63, 3.8) is 0 Å². The smallest absolute Gasteiger partial charge is 0.0624 e. The zero-order chi connectivity index (χ0) is 12.7. The number of halogens is 1. The van der Waals surface area contributed by atoms with Crippen molar-refractivity contribution in [1.82, 2.24) is 9.78 Å². The van der Waals surface area contributed by atoms with Gasteiger partial charge in [0.2, 0.25) is 0 Å². The van der Waals surface area contributed by atoms with E-state index in [4.69, 9.17) is 11.6 Å². The third-order valence-electron chi connectivity index (χ3n) is 3.37. The number of alkyl halides is 1. The summed E-state index contributed by atoms with van der Waals surface area (Å²) in [5.41, 5.74) is 1.21. The number of rotatable bonds is 8. The highest BCUT2D eigenvalue weighted by Crippen LogP contribution is 2.16. The molecule has 1 unspecified atom stereocenters. The average molecular weight is 257 g/mol. The zero-order valence-corrected chi connectivity index (χ0v) is 12.1. The molecule has 2 nitrogen and oxygen atoms in total. The molecule has 0 radical (unpaired) electrons. The van der Waals surface area contributed by atoms with Crippen LogP contribution in [0.4, 0.5) is 0 Å². The lowest BCUT2D eigenvalue weighted by Gasteiger charge is -2.12. The topological polar surface area (TPSA) is 17.8 Å². The predicted octanol–water partition coefficient (Wildman–Crippen LogP) is 4.58. The third-order valence-corrected chi connectivity index (χ3v) is 3.90. The Morgan fingerprint density at radius 1 is 1.24 bits per heavy atom. The molecule has 0 aromatic carbocycles. The summed E-state index contributed by atoms with van der Waals surface area (Å²) in [4.78, 5) is 0. The van der Waals surface area contributed by atoms with Gasteiger partial charge in [-0.1, -0.05) is 20.8 Å². The summed E-state index contributed by atoms with van der Waals surface area (Å²) in [5.74, 6) is 0. The van der Waals surface area contributed by atoms with Crippen molar-refractivity contribution >= 4 is 11.6 Å². The second kappa shape index (κ2) is 7.75. The molecule has 0 aliphatic heterocycles. The van der Waals surface area contributed by atoms with Gasteiger partial charge in [0.1, 0.15) is 0 Å². The standard InChI is InChI=1S/C14H25ClN2/c1-4-12(15)8-7-9-13-10-11-17(16-13)14(5-2)6-3/h10-12,14H,4-9H2,1-3H3. The molecule has 1 rings (SSSR count). The summed E-state index contributed by atoms with van der Waals surface area (Å²) < 4.78 is 2.12. The summed E-state index contributed by atoms with van der Waals surface area (Å²) in [7, 11) is 0. The van der Waals surface area contributed by atoms with Crippen LogP contribution in [0.5, 0.6) is 0 Å². The molecule has 0 saturated carbocycles. The maximum Gasteiger partial charge on any atom is 0.0624 e. The van der Waals surface area contributed by atoms with E-state index in [1.165, 1.54) is 5.69 Å². The fourth-order valence-corrected chi connectivity index (χ4v) is 2.24. The first-order chi connectivity index (χ1) is 8.21. The molecule has 0 saturated heterocycles. The van der Waals surface area contributed by atoms with E-state index in [9.17, 15) is 0 Å². The van der Waals surface area contributed by atoms with Crippen LogP contribution in [0, 0.1) is 0 Å². The average Bonchev–Trinajstić information content (AvgIpc) is 2.79. The van der Waals surface area contributed by atoms with Gasteiger partial charge in [-0.3, -0.25) is 4.68 Å². The monoisotopic (exact) mass is 256 g/mol. The van der Waals surface area contributed by atoms with Gasteiger partial charge in [-0.25, -0.2) is 0 Å². The van der Waals surface area contributed by atoms with Gasteiger partial charge >= 0.3 is 0 Å². The third kappa shape index (κ3) is 4.71. The molecular formula is C14H25ClN2. The normalized spacial score (nSPS) is 13.2. The molecule has 0 fully saturated rings. The summed E-state index contributed by atoms with van der Waals surface area (Å²) in [6, 6.07) is 2.70. The van der Waals surface area contributed by atoms with Crippen LogP contribution in [-0.4, -0.2) is 15.2 Å². The van der Waals surface area contributed by atoms with Gasteiger partial charge in [-0.2, -0.15) is 5.10 Å². The van der Waals surface area contributed by atoms with Crippen molar-refractivity contribution in [3.05, 3.63) is 18.0 Å². The fraction of sp³-hybridized carbons (Fsp3) is 0.786. The number of nitrogens with zero attached hydrogens (tertiary/aromatic N) is 2. The molecule has 17 heavy (non-hydrogen) atoms. The second-order valence-corrected chi connectivity index (χ2v) is 5.27. The molecule has 3 heteroatoms. The van der Waals surface area contributed by atoms with Crippen LogP contribution in [0.3, 0.4) is 0 Å². The Kier molecular flexibility index (Phi) is 6.64. The highest BCUT2D eigenvalue weighted by molar-refractivity contribution is 6.20. The minimum atomic E-state index is 0.330. The van der Waals surface area contributed by atoms with Gasteiger partial charge in [0.05, 0.1) is 11.7 Å². The first-order valence-corrected chi connectivity index (χ1v) is 7.32. The van der Waals surface area contributed by atoms with Crippen molar-refractivity contribution in [2.24, 2.45) is 0 Å². The molecule has 1 aromatic heterocycles. The van der Waals surface area contributed by atoms with E-state index < -0.39 is 0 Å². The highest BCUT2D eigenvalue weighted by Gasteiger charge is 2.08. The van der Waals surface area contributed by atoms with Gasteiger partial charge in [-0.15, -0.1) is 11.6 Å². The van der Waals surface area contributed by atoms with Crippen LogP contribution in [-0.2, 0) is 6.42 Å². The van der Waals surface area contributed by atoms with E-state index in [0.29, 0.717) is 11.4 Å². The van der Waals surface area contributed by atoms with Crippen molar-refractivity contribution in [2.75, 3.05) is 0 Å². The van der Waals surface area contributed by atoms with Crippen molar-refractivity contribution in [2.45, 2.75) is 70.7 Å². The molecule has 98 valence electrons. The van der Waals surface area contributed by atoms with E-state index >= 15 is 0 Å². The number of hydrogen-bond donors (Lipinski definition) is 0. The summed E-state index contributed by atoms with van der Waals surface area (Å²) in [6.45, 7) is 6.57. The van der Waals surface area contributed by atoms with Crippen molar-refractivity contribution in [3.8, 4) is 0 Å². The Morgan fingerprint density at radius 2 is 1.94 bits per heavy atom. The van der Waals surface area contributed by atoms with E-state index in [1.54, 1.807) is 0 Å². The first kappa shape index (κ1) is 14.6. The lowest BCUT2D eigenvalue weighted by atomic mass is 10.1. The molecule has 1 aromatic rings. The molecule has 1 atom stereocenters. The number of hydrogen-bond acceptors (Lipinski definition) is 1. The van der Waals surface area contributed by atoms with E-state index in [0.717, 1.165) is 38.5 Å². The van der Waals surface area contributed by atoms with Crippen LogP contribution >= 0.6 is 11.6 Å². The van der Waals surface area contributed by atoms with Crippen LogP contribution in [0.1, 0.15) is 64.6 Å². The SMILES string of the molecule is CCC(Cl)CCCc1ccn(C(CC)CC)n1. The largest absolute Gasteiger partial charge is 0.269 e. The second-order valence-electron chi connectivity index (χ2n) is 4.66. The Bertz CT molecular complexity index is 305. The fourth-order valence-electron chi connectivity index (χ4n) is 2.09.